The second kappa shape index (κ2) is 8.36. The highest BCUT2D eigenvalue weighted by Gasteiger charge is 2.28. The Morgan fingerprint density at radius 2 is 2.08 bits per heavy atom. The van der Waals surface area contributed by atoms with Crippen LogP contribution >= 0.6 is 11.6 Å². The standard InChI is InChI=1S/C19H24ClN3O3/c1-13-6-5-7-14(10-13)17(18(25)26-19(2,3)4)22-16(24)8-9-23-12-15(20)11-21-23/h5-7,10-12,17H,8-9H2,1-4H3,(H,22,24). The van der Waals surface area contributed by atoms with Gasteiger partial charge in [-0.2, -0.15) is 5.10 Å². The van der Waals surface area contributed by atoms with Crippen molar-refractivity contribution in [2.45, 2.75) is 52.3 Å². The first-order valence-electron chi connectivity index (χ1n) is 8.41. The lowest BCUT2D eigenvalue weighted by Gasteiger charge is -2.25. The van der Waals surface area contributed by atoms with Gasteiger partial charge in [0.05, 0.1) is 11.2 Å². The number of halogens is 1. The number of nitrogens with zero attached hydrogens (tertiary/aromatic N) is 2. The third-order valence-electron chi connectivity index (χ3n) is 3.49. The molecule has 0 aliphatic heterocycles. The molecule has 2 aromatic rings. The molecule has 2 rings (SSSR count). The Balaban J connectivity index is 2.10. The van der Waals surface area contributed by atoms with Crippen LogP contribution in [0.25, 0.3) is 0 Å². The van der Waals surface area contributed by atoms with Crippen LogP contribution < -0.4 is 5.32 Å². The largest absolute Gasteiger partial charge is 0.458 e. The monoisotopic (exact) mass is 377 g/mol. The number of amides is 1. The minimum Gasteiger partial charge on any atom is -0.458 e. The summed E-state index contributed by atoms with van der Waals surface area (Å²) in [6, 6.07) is 6.58. The Kier molecular flexibility index (Phi) is 6.42. The van der Waals surface area contributed by atoms with Crippen LogP contribution in [0.2, 0.25) is 5.02 Å². The molecule has 0 spiro atoms. The van der Waals surface area contributed by atoms with Gasteiger partial charge >= 0.3 is 5.97 Å². The van der Waals surface area contributed by atoms with E-state index in [0.717, 1.165) is 5.56 Å². The smallest absolute Gasteiger partial charge is 0.333 e. The van der Waals surface area contributed by atoms with E-state index in [9.17, 15) is 9.59 Å². The lowest BCUT2D eigenvalue weighted by Crippen LogP contribution is -2.38. The van der Waals surface area contributed by atoms with E-state index in [1.807, 2.05) is 25.1 Å². The van der Waals surface area contributed by atoms with E-state index in [2.05, 4.69) is 10.4 Å². The maximum absolute atomic E-state index is 12.6. The third kappa shape index (κ3) is 6.19. The number of ether oxygens (including phenoxy) is 1. The summed E-state index contributed by atoms with van der Waals surface area (Å²) in [4.78, 5) is 25.0. The topological polar surface area (TPSA) is 73.2 Å². The van der Waals surface area contributed by atoms with Crippen LogP contribution in [0.3, 0.4) is 0 Å². The molecular weight excluding hydrogens is 354 g/mol. The Bertz CT molecular complexity index is 780. The van der Waals surface area contributed by atoms with Crippen molar-refractivity contribution in [3.63, 3.8) is 0 Å². The molecular formula is C19H24ClN3O3. The molecule has 6 nitrogen and oxygen atoms in total. The van der Waals surface area contributed by atoms with Crippen LogP contribution in [0.4, 0.5) is 0 Å². The number of nitrogens with one attached hydrogen (secondary N) is 1. The Labute approximate surface area is 158 Å². The number of hydrogen-bond donors (Lipinski definition) is 1. The lowest BCUT2D eigenvalue weighted by molar-refractivity contribution is -0.158. The van der Waals surface area contributed by atoms with Crippen LogP contribution in [0.15, 0.2) is 36.7 Å². The summed E-state index contributed by atoms with van der Waals surface area (Å²) in [5.74, 6) is -0.757. The lowest BCUT2D eigenvalue weighted by atomic mass is 10.0. The second-order valence-electron chi connectivity index (χ2n) is 7.12. The number of benzene rings is 1. The summed E-state index contributed by atoms with van der Waals surface area (Å²) in [5.41, 5.74) is 1.04. The molecule has 1 amide bonds. The number of carbonyl (C=O) groups is 2. The van der Waals surface area contributed by atoms with Crippen LogP contribution in [0, 0.1) is 6.92 Å². The van der Waals surface area contributed by atoms with Crippen molar-refractivity contribution in [2.24, 2.45) is 0 Å². The minimum absolute atomic E-state index is 0.170. The summed E-state index contributed by atoms with van der Waals surface area (Å²) in [5, 5.41) is 7.32. The zero-order valence-corrected chi connectivity index (χ0v) is 16.2. The van der Waals surface area contributed by atoms with Crippen molar-refractivity contribution in [2.75, 3.05) is 0 Å². The number of hydrogen-bond acceptors (Lipinski definition) is 4. The molecule has 0 radical (unpaired) electrons. The summed E-state index contributed by atoms with van der Waals surface area (Å²) in [6.07, 6.45) is 3.32. The maximum Gasteiger partial charge on any atom is 0.333 e. The van der Waals surface area contributed by atoms with E-state index in [4.69, 9.17) is 16.3 Å². The first-order valence-corrected chi connectivity index (χ1v) is 8.78. The van der Waals surface area contributed by atoms with E-state index in [1.165, 1.54) is 6.20 Å². The van der Waals surface area contributed by atoms with Crippen LogP contribution in [-0.4, -0.2) is 27.3 Å². The van der Waals surface area contributed by atoms with E-state index in [0.29, 0.717) is 17.1 Å². The molecule has 0 aliphatic carbocycles. The predicted octanol–water partition coefficient (Wildman–Crippen LogP) is 3.43. The second-order valence-corrected chi connectivity index (χ2v) is 7.56. The van der Waals surface area contributed by atoms with Crippen molar-refractivity contribution in [1.29, 1.82) is 0 Å². The van der Waals surface area contributed by atoms with Gasteiger partial charge in [0.15, 0.2) is 6.04 Å². The zero-order chi connectivity index (χ0) is 19.3. The van der Waals surface area contributed by atoms with Crippen LogP contribution in [-0.2, 0) is 20.9 Å². The van der Waals surface area contributed by atoms with Crippen LogP contribution in [0.5, 0.6) is 0 Å². The summed E-state index contributed by atoms with van der Waals surface area (Å²) in [7, 11) is 0. The molecule has 7 heteroatoms. The fourth-order valence-electron chi connectivity index (χ4n) is 2.40. The molecule has 0 fully saturated rings. The molecule has 1 aromatic carbocycles. The number of rotatable bonds is 6. The fraction of sp³-hybridized carbons (Fsp3) is 0.421. The minimum atomic E-state index is -0.858. The predicted molar refractivity (Wildman–Crippen MR) is 99.8 cm³/mol. The number of esters is 1. The summed E-state index contributed by atoms with van der Waals surface area (Å²) >= 11 is 5.81. The molecule has 0 saturated carbocycles. The van der Waals surface area contributed by atoms with Gasteiger partial charge in [0.1, 0.15) is 5.60 Å². The number of aromatic nitrogens is 2. The van der Waals surface area contributed by atoms with Gasteiger partial charge in [0.2, 0.25) is 5.91 Å². The highest BCUT2D eigenvalue weighted by molar-refractivity contribution is 6.30. The number of carbonyl (C=O) groups excluding carboxylic acids is 2. The molecule has 1 atom stereocenters. The van der Waals surface area contributed by atoms with E-state index in [-0.39, 0.29) is 12.3 Å². The van der Waals surface area contributed by atoms with Gasteiger partial charge in [-0.15, -0.1) is 0 Å². The van der Waals surface area contributed by atoms with Crippen molar-refractivity contribution < 1.29 is 14.3 Å². The molecule has 1 N–H and O–H groups in total. The van der Waals surface area contributed by atoms with Gasteiger partial charge in [0.25, 0.3) is 0 Å². The van der Waals surface area contributed by atoms with E-state index < -0.39 is 17.6 Å². The highest BCUT2D eigenvalue weighted by atomic mass is 35.5. The summed E-state index contributed by atoms with van der Waals surface area (Å²) < 4.78 is 7.05. The van der Waals surface area contributed by atoms with Crippen molar-refractivity contribution in [1.82, 2.24) is 15.1 Å². The van der Waals surface area contributed by atoms with Gasteiger partial charge in [-0.1, -0.05) is 41.4 Å². The van der Waals surface area contributed by atoms with Crippen molar-refractivity contribution >= 4 is 23.5 Å². The molecule has 0 bridgehead atoms. The van der Waals surface area contributed by atoms with Gasteiger partial charge in [0, 0.05) is 19.2 Å². The Morgan fingerprint density at radius 1 is 1.35 bits per heavy atom. The van der Waals surface area contributed by atoms with Crippen molar-refractivity contribution in [3.05, 3.63) is 52.8 Å². The molecule has 26 heavy (non-hydrogen) atoms. The first kappa shape index (κ1) is 20.0. The Morgan fingerprint density at radius 3 is 2.65 bits per heavy atom. The SMILES string of the molecule is Cc1cccc(C(NC(=O)CCn2cc(Cl)cn2)C(=O)OC(C)(C)C)c1. The molecule has 1 unspecified atom stereocenters. The first-order chi connectivity index (χ1) is 12.1. The molecule has 0 aliphatic rings. The average Bonchev–Trinajstić information content (AvgIpc) is 2.94. The molecule has 1 aromatic heterocycles. The third-order valence-corrected chi connectivity index (χ3v) is 3.69. The van der Waals surface area contributed by atoms with Crippen molar-refractivity contribution in [3.8, 4) is 0 Å². The van der Waals surface area contributed by atoms with E-state index in [1.54, 1.807) is 37.7 Å². The van der Waals surface area contributed by atoms with E-state index >= 15 is 0 Å². The zero-order valence-electron chi connectivity index (χ0n) is 15.5. The Hall–Kier alpha value is -2.34. The quantitative estimate of drug-likeness (QED) is 0.782. The average molecular weight is 378 g/mol. The van der Waals surface area contributed by atoms with Gasteiger partial charge in [-0.05, 0) is 33.3 Å². The number of aryl methyl sites for hydroxylation is 2. The molecule has 140 valence electrons. The fourth-order valence-corrected chi connectivity index (χ4v) is 2.55. The summed E-state index contributed by atoms with van der Waals surface area (Å²) in [6.45, 7) is 7.68. The van der Waals surface area contributed by atoms with Gasteiger partial charge in [-0.3, -0.25) is 9.48 Å². The molecule has 0 saturated heterocycles. The van der Waals surface area contributed by atoms with Crippen LogP contribution in [0.1, 0.15) is 44.4 Å². The normalized spacial score (nSPS) is 12.5. The molecule has 1 heterocycles. The highest BCUT2D eigenvalue weighted by Crippen LogP contribution is 2.20. The van der Waals surface area contributed by atoms with Gasteiger partial charge in [-0.25, -0.2) is 4.79 Å². The van der Waals surface area contributed by atoms with Gasteiger partial charge < -0.3 is 10.1 Å². The maximum atomic E-state index is 12.6.